The van der Waals surface area contributed by atoms with E-state index in [0.29, 0.717) is 6.54 Å². The van der Waals surface area contributed by atoms with Crippen molar-refractivity contribution in [2.24, 2.45) is 0 Å². The molecule has 1 atom stereocenters. The largest absolute Gasteiger partial charge is 0.394 e. The van der Waals surface area contributed by atoms with Gasteiger partial charge in [-0.1, -0.05) is 37.3 Å². The van der Waals surface area contributed by atoms with E-state index in [0.717, 1.165) is 12.0 Å². The summed E-state index contributed by atoms with van der Waals surface area (Å²) in [6.45, 7) is 2.38. The summed E-state index contributed by atoms with van der Waals surface area (Å²) in [4.78, 5) is 11.4. The molecule has 0 aliphatic rings. The summed E-state index contributed by atoms with van der Waals surface area (Å²) in [5, 5.41) is 14.3. The smallest absolute Gasteiger partial charge is 0.315 e. The number of rotatable bonds is 5. The first kappa shape index (κ1) is 12.5. The van der Waals surface area contributed by atoms with E-state index in [1.165, 1.54) is 0 Å². The van der Waals surface area contributed by atoms with E-state index in [-0.39, 0.29) is 18.7 Å². The summed E-state index contributed by atoms with van der Waals surface area (Å²) in [7, 11) is 0. The molecule has 3 N–H and O–H groups in total. The lowest BCUT2D eigenvalue weighted by atomic mass is 10.2. The molecular weight excluding hydrogens is 204 g/mol. The fraction of sp³-hybridized carbons (Fsp3) is 0.417. The van der Waals surface area contributed by atoms with Crippen LogP contribution in [0, 0.1) is 0 Å². The molecule has 0 saturated carbocycles. The molecular formula is C12H18N2O2. The quantitative estimate of drug-likeness (QED) is 0.702. The van der Waals surface area contributed by atoms with E-state index in [4.69, 9.17) is 5.11 Å². The Morgan fingerprint density at radius 2 is 2.06 bits per heavy atom. The second-order valence-corrected chi connectivity index (χ2v) is 3.60. The highest BCUT2D eigenvalue weighted by Gasteiger charge is 2.07. The van der Waals surface area contributed by atoms with Crippen molar-refractivity contribution in [3.05, 3.63) is 35.9 Å². The Labute approximate surface area is 95.7 Å². The number of carbonyl (C=O) groups excluding carboxylic acids is 1. The standard InChI is InChI=1S/C12H18N2O2/c1-2-11(9-15)14-12(16)13-8-10-6-4-3-5-7-10/h3-7,11,15H,2,8-9H2,1H3,(H2,13,14,16)/t11-/m1/s1. The minimum absolute atomic E-state index is 0.0325. The molecule has 0 aliphatic carbocycles. The Morgan fingerprint density at radius 3 is 2.62 bits per heavy atom. The molecule has 0 aromatic heterocycles. The molecule has 1 rings (SSSR count). The molecule has 88 valence electrons. The normalized spacial score (nSPS) is 11.9. The van der Waals surface area contributed by atoms with E-state index >= 15 is 0 Å². The molecule has 4 heteroatoms. The topological polar surface area (TPSA) is 61.4 Å². The van der Waals surface area contributed by atoms with Crippen LogP contribution in [0.2, 0.25) is 0 Å². The summed E-state index contributed by atoms with van der Waals surface area (Å²) < 4.78 is 0. The molecule has 0 bridgehead atoms. The van der Waals surface area contributed by atoms with Gasteiger partial charge in [0.15, 0.2) is 0 Å². The Balaban J connectivity index is 2.30. The Hall–Kier alpha value is -1.55. The van der Waals surface area contributed by atoms with Crippen LogP contribution in [0.15, 0.2) is 30.3 Å². The second-order valence-electron chi connectivity index (χ2n) is 3.60. The monoisotopic (exact) mass is 222 g/mol. The van der Waals surface area contributed by atoms with Crippen LogP contribution in [-0.2, 0) is 6.54 Å². The highest BCUT2D eigenvalue weighted by atomic mass is 16.3. The fourth-order valence-electron chi connectivity index (χ4n) is 1.29. The molecule has 1 aromatic rings. The molecule has 1 aromatic carbocycles. The number of nitrogens with one attached hydrogen (secondary N) is 2. The zero-order valence-corrected chi connectivity index (χ0v) is 9.44. The Kier molecular flexibility index (Phi) is 5.36. The maximum atomic E-state index is 11.4. The number of carbonyl (C=O) groups is 1. The van der Waals surface area contributed by atoms with Crippen LogP contribution in [0.1, 0.15) is 18.9 Å². The van der Waals surface area contributed by atoms with E-state index in [1.54, 1.807) is 0 Å². The Morgan fingerprint density at radius 1 is 1.38 bits per heavy atom. The molecule has 0 aliphatic heterocycles. The summed E-state index contributed by atoms with van der Waals surface area (Å²) in [5.74, 6) is 0. The predicted octanol–water partition coefficient (Wildman–Crippen LogP) is 1.26. The number of hydrogen-bond acceptors (Lipinski definition) is 2. The zero-order valence-electron chi connectivity index (χ0n) is 9.44. The SMILES string of the molecule is CC[C@H](CO)NC(=O)NCc1ccccc1. The van der Waals surface area contributed by atoms with Crippen LogP contribution in [0.3, 0.4) is 0 Å². The van der Waals surface area contributed by atoms with Gasteiger partial charge in [-0.15, -0.1) is 0 Å². The fourth-order valence-corrected chi connectivity index (χ4v) is 1.29. The summed E-state index contributed by atoms with van der Waals surface area (Å²) >= 11 is 0. The number of urea groups is 1. The van der Waals surface area contributed by atoms with Gasteiger partial charge in [0.25, 0.3) is 0 Å². The second kappa shape index (κ2) is 6.85. The summed E-state index contributed by atoms with van der Waals surface area (Å²) in [5.41, 5.74) is 1.05. The maximum Gasteiger partial charge on any atom is 0.315 e. The van der Waals surface area contributed by atoms with E-state index in [9.17, 15) is 4.79 Å². The average Bonchev–Trinajstić information content (AvgIpc) is 2.34. The highest BCUT2D eigenvalue weighted by molar-refractivity contribution is 5.74. The summed E-state index contributed by atoms with van der Waals surface area (Å²) in [6, 6.07) is 9.27. The van der Waals surface area contributed by atoms with Gasteiger partial charge in [-0.05, 0) is 12.0 Å². The van der Waals surface area contributed by atoms with Gasteiger partial charge in [0.1, 0.15) is 0 Å². The first-order valence-electron chi connectivity index (χ1n) is 5.45. The van der Waals surface area contributed by atoms with Gasteiger partial charge in [0.05, 0.1) is 12.6 Å². The van der Waals surface area contributed by atoms with Crippen LogP contribution in [0.5, 0.6) is 0 Å². The molecule has 0 spiro atoms. The number of aliphatic hydroxyl groups excluding tert-OH is 1. The lowest BCUT2D eigenvalue weighted by Gasteiger charge is -2.14. The van der Waals surface area contributed by atoms with Crippen LogP contribution >= 0.6 is 0 Å². The third-order valence-corrected chi connectivity index (χ3v) is 2.34. The first-order chi connectivity index (χ1) is 7.76. The zero-order chi connectivity index (χ0) is 11.8. The van der Waals surface area contributed by atoms with Gasteiger partial charge in [-0.3, -0.25) is 0 Å². The molecule has 0 radical (unpaired) electrons. The van der Waals surface area contributed by atoms with Crippen molar-refractivity contribution in [3.8, 4) is 0 Å². The minimum Gasteiger partial charge on any atom is -0.394 e. The van der Waals surface area contributed by atoms with Crippen LogP contribution in [0.4, 0.5) is 4.79 Å². The van der Waals surface area contributed by atoms with Crippen molar-refractivity contribution in [1.29, 1.82) is 0 Å². The molecule has 0 heterocycles. The van der Waals surface area contributed by atoms with Crippen molar-refractivity contribution in [2.45, 2.75) is 25.9 Å². The molecule has 0 fully saturated rings. The van der Waals surface area contributed by atoms with E-state index in [1.807, 2.05) is 37.3 Å². The van der Waals surface area contributed by atoms with Crippen molar-refractivity contribution in [1.82, 2.24) is 10.6 Å². The van der Waals surface area contributed by atoms with Crippen molar-refractivity contribution >= 4 is 6.03 Å². The van der Waals surface area contributed by atoms with Crippen molar-refractivity contribution < 1.29 is 9.90 Å². The van der Waals surface area contributed by atoms with E-state index < -0.39 is 0 Å². The van der Waals surface area contributed by atoms with Crippen LogP contribution in [-0.4, -0.2) is 23.8 Å². The molecule has 0 unspecified atom stereocenters. The molecule has 16 heavy (non-hydrogen) atoms. The van der Waals surface area contributed by atoms with Crippen LogP contribution in [0.25, 0.3) is 0 Å². The molecule has 0 saturated heterocycles. The number of benzene rings is 1. The van der Waals surface area contributed by atoms with Crippen molar-refractivity contribution in [3.63, 3.8) is 0 Å². The highest BCUT2D eigenvalue weighted by Crippen LogP contribution is 1.97. The van der Waals surface area contributed by atoms with Gasteiger partial charge in [-0.2, -0.15) is 0 Å². The molecule has 2 amide bonds. The summed E-state index contributed by atoms with van der Waals surface area (Å²) in [6.07, 6.45) is 0.718. The first-order valence-corrected chi connectivity index (χ1v) is 5.45. The number of aliphatic hydroxyl groups is 1. The van der Waals surface area contributed by atoms with Gasteiger partial charge >= 0.3 is 6.03 Å². The Bertz CT molecular complexity index is 310. The van der Waals surface area contributed by atoms with Gasteiger partial charge in [0, 0.05) is 6.54 Å². The number of amides is 2. The van der Waals surface area contributed by atoms with Gasteiger partial charge < -0.3 is 15.7 Å². The predicted molar refractivity (Wildman–Crippen MR) is 63.0 cm³/mol. The lowest BCUT2D eigenvalue weighted by molar-refractivity contribution is 0.214. The van der Waals surface area contributed by atoms with E-state index in [2.05, 4.69) is 10.6 Å². The third-order valence-electron chi connectivity index (χ3n) is 2.34. The van der Waals surface area contributed by atoms with Gasteiger partial charge in [-0.25, -0.2) is 4.79 Å². The third kappa shape index (κ3) is 4.31. The molecule has 4 nitrogen and oxygen atoms in total. The average molecular weight is 222 g/mol. The van der Waals surface area contributed by atoms with Gasteiger partial charge in [0.2, 0.25) is 0 Å². The van der Waals surface area contributed by atoms with Crippen LogP contribution < -0.4 is 10.6 Å². The maximum absolute atomic E-state index is 11.4. The number of hydrogen-bond donors (Lipinski definition) is 3. The minimum atomic E-state index is -0.246. The van der Waals surface area contributed by atoms with Crippen molar-refractivity contribution in [2.75, 3.05) is 6.61 Å². The lowest BCUT2D eigenvalue weighted by Crippen LogP contribution is -2.43.